The normalized spacial score (nSPS) is 19.5. The summed E-state index contributed by atoms with van der Waals surface area (Å²) < 4.78 is 12.2. The van der Waals surface area contributed by atoms with E-state index in [0.29, 0.717) is 17.4 Å². The number of rotatable bonds is 4. The van der Waals surface area contributed by atoms with E-state index in [-0.39, 0.29) is 0 Å². The number of hydrogen-bond donors (Lipinski definition) is 1. The summed E-state index contributed by atoms with van der Waals surface area (Å²) in [5.41, 5.74) is 0.775. The zero-order valence-electron chi connectivity index (χ0n) is 16.7. The minimum atomic E-state index is -0.535. The van der Waals surface area contributed by atoms with Crippen LogP contribution in [0.2, 0.25) is 0 Å². The molecule has 2 fully saturated rings. The van der Waals surface area contributed by atoms with Crippen molar-refractivity contribution >= 4 is 11.0 Å². The van der Waals surface area contributed by atoms with E-state index in [1.807, 2.05) is 18.2 Å². The van der Waals surface area contributed by atoms with E-state index in [1.54, 1.807) is 0 Å². The predicted octanol–water partition coefficient (Wildman–Crippen LogP) is 0.964. The third-order valence-corrected chi connectivity index (χ3v) is 6.09. The molecule has 5 rings (SSSR count). The highest BCUT2D eigenvalue weighted by Crippen LogP contribution is 2.23. The highest BCUT2D eigenvalue weighted by molar-refractivity contribution is 5.84. The Labute approximate surface area is 172 Å². The van der Waals surface area contributed by atoms with Gasteiger partial charge in [0.15, 0.2) is 11.4 Å². The summed E-state index contributed by atoms with van der Waals surface area (Å²) in [6.07, 6.45) is 3.69. The van der Waals surface area contributed by atoms with Gasteiger partial charge in [-0.3, -0.25) is 19.6 Å². The monoisotopic (exact) mass is 411 g/mol. The number of nitrogens with zero attached hydrogens (tertiary/aromatic N) is 4. The van der Waals surface area contributed by atoms with Crippen LogP contribution < -0.4 is 11.2 Å². The number of ether oxygens (including phenoxy) is 1. The van der Waals surface area contributed by atoms with Gasteiger partial charge in [0.05, 0.1) is 5.39 Å². The maximum Gasteiger partial charge on any atom is 0.334 e. The first-order valence-electron chi connectivity index (χ1n) is 10.4. The van der Waals surface area contributed by atoms with Gasteiger partial charge < -0.3 is 9.26 Å². The molecule has 3 aromatic rings. The van der Waals surface area contributed by atoms with E-state index >= 15 is 0 Å². The van der Waals surface area contributed by atoms with Crippen molar-refractivity contribution in [2.24, 2.45) is 0 Å². The molecule has 30 heavy (non-hydrogen) atoms. The second-order valence-corrected chi connectivity index (χ2v) is 7.97. The third-order valence-electron chi connectivity index (χ3n) is 6.09. The van der Waals surface area contributed by atoms with Crippen molar-refractivity contribution in [2.75, 3.05) is 39.4 Å². The van der Waals surface area contributed by atoms with E-state index in [0.717, 1.165) is 69.7 Å². The number of aromatic amines is 1. The molecule has 9 nitrogen and oxygen atoms in total. The van der Waals surface area contributed by atoms with Gasteiger partial charge in [-0.15, -0.1) is 0 Å². The van der Waals surface area contributed by atoms with Crippen molar-refractivity contribution < 1.29 is 9.26 Å². The molecular weight excluding hydrogens is 386 g/mol. The lowest BCUT2D eigenvalue weighted by atomic mass is 10.1. The smallest absolute Gasteiger partial charge is 0.334 e. The first-order valence-corrected chi connectivity index (χ1v) is 10.4. The molecule has 158 valence electrons. The summed E-state index contributed by atoms with van der Waals surface area (Å²) in [4.78, 5) is 30.8. The summed E-state index contributed by atoms with van der Waals surface area (Å²) in [6.45, 7) is 6.82. The molecule has 4 heterocycles. The first-order chi connectivity index (χ1) is 14.7. The quantitative estimate of drug-likeness (QED) is 0.683. The Hall–Kier alpha value is -2.75. The standard InChI is InChI=1S/C21H25N5O4/c27-19-3-6-26(21(28)22-19)20-17-13-15(1-2-18(17)30-23-20)14-24-7-9-25(10-8-24)16-4-11-29-12-5-16/h1-3,6,13,16H,4-5,7-12,14H2,(H,22,27,28). The van der Waals surface area contributed by atoms with Gasteiger partial charge in [0.25, 0.3) is 5.56 Å². The minimum absolute atomic E-state index is 0.387. The average molecular weight is 411 g/mol. The highest BCUT2D eigenvalue weighted by Gasteiger charge is 2.25. The third kappa shape index (κ3) is 3.83. The molecule has 0 atom stereocenters. The molecule has 2 saturated heterocycles. The summed E-state index contributed by atoms with van der Waals surface area (Å²) >= 11 is 0. The summed E-state index contributed by atoms with van der Waals surface area (Å²) in [6, 6.07) is 7.90. The van der Waals surface area contributed by atoms with Crippen LogP contribution >= 0.6 is 0 Å². The summed E-state index contributed by atoms with van der Waals surface area (Å²) in [5.74, 6) is 0.387. The molecule has 0 amide bonds. The Morgan fingerprint density at radius 1 is 1.07 bits per heavy atom. The number of fused-ring (bicyclic) bond motifs is 1. The fraction of sp³-hybridized carbons (Fsp3) is 0.476. The maximum atomic E-state index is 12.2. The molecule has 1 N–H and O–H groups in total. The fourth-order valence-electron chi connectivity index (χ4n) is 4.42. The van der Waals surface area contributed by atoms with Crippen LogP contribution in [0.15, 0.2) is 44.6 Å². The minimum Gasteiger partial charge on any atom is -0.381 e. The van der Waals surface area contributed by atoms with Crippen LogP contribution in [0.3, 0.4) is 0 Å². The predicted molar refractivity (Wildman–Crippen MR) is 111 cm³/mol. The second-order valence-electron chi connectivity index (χ2n) is 7.97. The van der Waals surface area contributed by atoms with E-state index in [9.17, 15) is 9.59 Å². The number of H-pyrrole nitrogens is 1. The van der Waals surface area contributed by atoms with Crippen LogP contribution in [0.5, 0.6) is 0 Å². The van der Waals surface area contributed by atoms with Crippen LogP contribution in [0, 0.1) is 0 Å². The van der Waals surface area contributed by atoms with Crippen molar-refractivity contribution in [1.29, 1.82) is 0 Å². The van der Waals surface area contributed by atoms with Crippen LogP contribution in [0.25, 0.3) is 16.8 Å². The van der Waals surface area contributed by atoms with Crippen LogP contribution in [0.4, 0.5) is 0 Å². The molecule has 0 bridgehead atoms. The van der Waals surface area contributed by atoms with E-state index in [2.05, 4.69) is 19.9 Å². The van der Waals surface area contributed by atoms with Crippen molar-refractivity contribution in [1.82, 2.24) is 24.5 Å². The Morgan fingerprint density at radius 3 is 2.63 bits per heavy atom. The van der Waals surface area contributed by atoms with E-state index in [1.165, 1.54) is 16.8 Å². The van der Waals surface area contributed by atoms with Crippen molar-refractivity contribution in [3.63, 3.8) is 0 Å². The van der Waals surface area contributed by atoms with Gasteiger partial charge in [-0.1, -0.05) is 11.2 Å². The van der Waals surface area contributed by atoms with Gasteiger partial charge in [0.2, 0.25) is 0 Å². The average Bonchev–Trinajstić information content (AvgIpc) is 3.18. The molecule has 0 radical (unpaired) electrons. The van der Waals surface area contributed by atoms with Gasteiger partial charge in [-0.2, -0.15) is 0 Å². The highest BCUT2D eigenvalue weighted by atomic mass is 16.5. The van der Waals surface area contributed by atoms with Gasteiger partial charge in [-0.05, 0) is 30.5 Å². The number of hydrogen-bond acceptors (Lipinski definition) is 7. The number of piperazine rings is 1. The molecule has 0 unspecified atom stereocenters. The van der Waals surface area contributed by atoms with Gasteiger partial charge in [-0.25, -0.2) is 9.36 Å². The van der Waals surface area contributed by atoms with Gasteiger partial charge in [0.1, 0.15) is 0 Å². The topological polar surface area (TPSA) is 96.6 Å². The molecule has 9 heteroatoms. The Kier molecular flexibility index (Phi) is 5.24. The molecule has 0 saturated carbocycles. The fourth-order valence-corrected chi connectivity index (χ4v) is 4.42. The molecule has 2 aliphatic heterocycles. The number of benzene rings is 1. The molecule has 2 aliphatic rings. The Bertz CT molecular complexity index is 1140. The first kappa shape index (κ1) is 19.2. The number of nitrogens with one attached hydrogen (secondary N) is 1. The van der Waals surface area contributed by atoms with Gasteiger partial charge in [0, 0.05) is 64.2 Å². The largest absolute Gasteiger partial charge is 0.381 e. The van der Waals surface area contributed by atoms with E-state index in [4.69, 9.17) is 9.26 Å². The van der Waals surface area contributed by atoms with E-state index < -0.39 is 11.2 Å². The Balaban J connectivity index is 1.31. The van der Waals surface area contributed by atoms with Crippen molar-refractivity contribution in [3.8, 4) is 5.82 Å². The molecular formula is C21H25N5O4. The summed E-state index contributed by atoms with van der Waals surface area (Å²) in [7, 11) is 0. The van der Waals surface area contributed by atoms with Crippen LogP contribution in [-0.2, 0) is 11.3 Å². The van der Waals surface area contributed by atoms with Gasteiger partial charge >= 0.3 is 5.69 Å². The molecule has 1 aromatic carbocycles. The van der Waals surface area contributed by atoms with Crippen LogP contribution in [0.1, 0.15) is 18.4 Å². The molecule has 0 aliphatic carbocycles. The molecule has 2 aromatic heterocycles. The lowest BCUT2D eigenvalue weighted by Crippen LogP contribution is -2.51. The maximum absolute atomic E-state index is 12.2. The lowest BCUT2D eigenvalue weighted by molar-refractivity contribution is 0.0126. The van der Waals surface area contributed by atoms with Crippen LogP contribution in [-0.4, -0.2) is 69.9 Å². The number of aromatic nitrogens is 3. The SMILES string of the molecule is O=c1ccn(-c2noc3ccc(CN4CCN(C5CCOCC5)CC4)cc23)c(=O)[nH]1. The zero-order chi connectivity index (χ0) is 20.5. The lowest BCUT2D eigenvalue weighted by Gasteiger charge is -2.40. The zero-order valence-corrected chi connectivity index (χ0v) is 16.7. The molecule has 0 spiro atoms. The van der Waals surface area contributed by atoms with Crippen molar-refractivity contribution in [2.45, 2.75) is 25.4 Å². The second kappa shape index (κ2) is 8.17. The summed E-state index contributed by atoms with van der Waals surface area (Å²) in [5, 5.41) is 4.79. The Morgan fingerprint density at radius 2 is 1.87 bits per heavy atom. The van der Waals surface area contributed by atoms with Crippen molar-refractivity contribution in [3.05, 3.63) is 56.9 Å².